The molecule has 0 aliphatic rings. The molecule has 4 heteroatoms. The fourth-order valence-electron chi connectivity index (χ4n) is 0.881. The van der Waals surface area contributed by atoms with Gasteiger partial charge in [-0.25, -0.2) is 0 Å². The molecule has 0 aromatic carbocycles. The molecule has 0 saturated carbocycles. The zero-order chi connectivity index (χ0) is 8.27. The van der Waals surface area contributed by atoms with E-state index in [-0.39, 0.29) is 0 Å². The van der Waals surface area contributed by atoms with Gasteiger partial charge in [-0.1, -0.05) is 6.92 Å². The van der Waals surface area contributed by atoms with Crippen LogP contribution in [-0.2, 0) is 6.42 Å². The first-order chi connectivity index (χ1) is 5.27. The lowest BCUT2D eigenvalue weighted by molar-refractivity contribution is -0.469. The Morgan fingerprint density at radius 1 is 1.64 bits per heavy atom. The van der Waals surface area contributed by atoms with Crippen LogP contribution >= 0.6 is 0 Å². The van der Waals surface area contributed by atoms with Crippen LogP contribution < -0.4 is 16.7 Å². The molecule has 1 heterocycles. The third kappa shape index (κ3) is 1.52. The third-order valence-corrected chi connectivity index (χ3v) is 1.57. The Labute approximate surface area is 65.3 Å². The van der Waals surface area contributed by atoms with Crippen molar-refractivity contribution in [3.8, 4) is 0 Å². The van der Waals surface area contributed by atoms with Gasteiger partial charge in [-0.2, -0.15) is 5.10 Å². The van der Waals surface area contributed by atoms with Crippen molar-refractivity contribution in [3.63, 3.8) is 0 Å². The van der Waals surface area contributed by atoms with E-state index in [2.05, 4.69) is 17.0 Å². The van der Waals surface area contributed by atoms with Crippen molar-refractivity contribution in [1.82, 2.24) is 4.98 Å². The number of hydrazine groups is 1. The first kappa shape index (κ1) is 7.65. The van der Waals surface area contributed by atoms with E-state index in [1.165, 1.54) is 0 Å². The summed E-state index contributed by atoms with van der Waals surface area (Å²) in [6.07, 6.45) is 0.970. The maximum atomic E-state index is 5.51. The van der Waals surface area contributed by atoms with Gasteiger partial charge in [0.05, 0.1) is 0 Å². The minimum Gasteiger partial charge on any atom is -0.352 e. The second-order valence-corrected chi connectivity index (χ2v) is 2.31. The summed E-state index contributed by atoms with van der Waals surface area (Å²) in [4.78, 5) is 3.11. The number of rotatable bonds is 2. The van der Waals surface area contributed by atoms with E-state index in [0.717, 1.165) is 17.8 Å². The summed E-state index contributed by atoms with van der Waals surface area (Å²) in [6.45, 7) is 2.07. The van der Waals surface area contributed by atoms with Gasteiger partial charge in [-0.3, -0.25) is 11.6 Å². The molecule has 1 rings (SSSR count). The lowest BCUT2D eigenvalue weighted by Gasteiger charge is -1.88. The Hall–Kier alpha value is -1.45. The Balaban J connectivity index is 2.89. The fraction of sp³-hybridized carbons (Fsp3) is 0.286. The molecule has 0 unspecified atom stereocenters. The number of nitrogen functional groups attached to an aromatic ring is 1. The van der Waals surface area contributed by atoms with E-state index in [0.29, 0.717) is 5.84 Å². The highest BCUT2D eigenvalue weighted by atomic mass is 15.2. The Morgan fingerprint density at radius 2 is 2.36 bits per heavy atom. The number of nitrogens with one attached hydrogen (secondary N) is 2. The number of hydrazone groups is 1. The van der Waals surface area contributed by atoms with Crippen LogP contribution in [0.4, 0.5) is 0 Å². The summed E-state index contributed by atoms with van der Waals surface area (Å²) >= 11 is 0. The van der Waals surface area contributed by atoms with Crippen LogP contribution in [-0.4, -0.2) is 10.8 Å². The molecule has 0 saturated heterocycles. The smallest absolute Gasteiger partial charge is 0.312 e. The molecule has 1 aromatic heterocycles. The van der Waals surface area contributed by atoms with Gasteiger partial charge in [0.25, 0.3) is 0 Å². The summed E-state index contributed by atoms with van der Waals surface area (Å²) in [5.41, 5.74) is 7.50. The fourth-order valence-corrected chi connectivity index (χ4v) is 0.881. The van der Waals surface area contributed by atoms with Crippen molar-refractivity contribution in [2.45, 2.75) is 13.3 Å². The minimum absolute atomic E-state index is 0.463. The van der Waals surface area contributed by atoms with Crippen LogP contribution in [0, 0.1) is 0 Å². The van der Waals surface area contributed by atoms with E-state index in [9.17, 15) is 0 Å². The SMILES string of the molecule is CCc1ccc(C(N)=[NH+]N)[nH]1. The standard InChI is InChI=1S/C7H12N4/c1-2-5-3-4-6(10-5)7(8)11-9/h3-4,10H,2,9H2,1H3,(H2,8,11)/p+1. The molecule has 11 heavy (non-hydrogen) atoms. The average Bonchev–Trinajstić information content (AvgIpc) is 2.50. The molecular weight excluding hydrogens is 140 g/mol. The van der Waals surface area contributed by atoms with Crippen molar-refractivity contribution >= 4 is 5.84 Å². The molecular formula is C7H13N4+. The lowest BCUT2D eigenvalue weighted by atomic mass is 10.3. The maximum absolute atomic E-state index is 5.51. The zero-order valence-corrected chi connectivity index (χ0v) is 6.52. The first-order valence-electron chi connectivity index (χ1n) is 3.55. The summed E-state index contributed by atoms with van der Waals surface area (Å²) in [5.74, 6) is 5.59. The van der Waals surface area contributed by atoms with Crippen molar-refractivity contribution < 1.29 is 5.10 Å². The van der Waals surface area contributed by atoms with Crippen LogP contribution in [0.2, 0.25) is 0 Å². The Morgan fingerprint density at radius 3 is 2.82 bits per heavy atom. The summed E-state index contributed by atoms with van der Waals surface area (Å²) in [6, 6.07) is 3.88. The monoisotopic (exact) mass is 153 g/mol. The molecule has 4 nitrogen and oxygen atoms in total. The second-order valence-electron chi connectivity index (χ2n) is 2.31. The molecule has 60 valence electrons. The van der Waals surface area contributed by atoms with Crippen molar-refractivity contribution in [3.05, 3.63) is 23.5 Å². The van der Waals surface area contributed by atoms with E-state index < -0.39 is 0 Å². The van der Waals surface area contributed by atoms with E-state index in [1.807, 2.05) is 12.1 Å². The summed E-state index contributed by atoms with van der Waals surface area (Å²) < 4.78 is 0. The predicted octanol–water partition coefficient (Wildman–Crippen LogP) is -1.76. The van der Waals surface area contributed by atoms with Gasteiger partial charge in [-0.05, 0) is 18.6 Å². The van der Waals surface area contributed by atoms with E-state index >= 15 is 0 Å². The number of hydrogen-bond donors (Lipinski definition) is 4. The Kier molecular flexibility index (Phi) is 2.15. The van der Waals surface area contributed by atoms with Gasteiger partial charge in [0, 0.05) is 5.69 Å². The highest BCUT2D eigenvalue weighted by Gasteiger charge is 2.04. The van der Waals surface area contributed by atoms with Gasteiger partial charge < -0.3 is 4.98 Å². The highest BCUT2D eigenvalue weighted by molar-refractivity contribution is 5.91. The molecule has 0 aliphatic heterocycles. The number of aryl methyl sites for hydroxylation is 1. The van der Waals surface area contributed by atoms with Crippen molar-refractivity contribution in [2.24, 2.45) is 11.6 Å². The van der Waals surface area contributed by atoms with Crippen LogP contribution in [0.25, 0.3) is 0 Å². The topological polar surface area (TPSA) is 81.8 Å². The molecule has 0 aliphatic carbocycles. The molecule has 1 aromatic rings. The molecule has 0 radical (unpaired) electrons. The van der Waals surface area contributed by atoms with Crippen LogP contribution in [0.3, 0.4) is 0 Å². The number of aromatic nitrogens is 1. The maximum Gasteiger partial charge on any atom is 0.312 e. The van der Waals surface area contributed by atoms with Crippen LogP contribution in [0.5, 0.6) is 0 Å². The molecule has 6 N–H and O–H groups in total. The van der Waals surface area contributed by atoms with Crippen LogP contribution in [0.15, 0.2) is 12.1 Å². The molecule has 0 atom stereocenters. The molecule has 0 bridgehead atoms. The van der Waals surface area contributed by atoms with E-state index in [1.54, 1.807) is 0 Å². The van der Waals surface area contributed by atoms with E-state index in [4.69, 9.17) is 11.6 Å². The molecule has 0 spiro atoms. The number of amidine groups is 1. The minimum atomic E-state index is 0.463. The largest absolute Gasteiger partial charge is 0.352 e. The summed E-state index contributed by atoms with van der Waals surface area (Å²) in [7, 11) is 0. The number of hydrogen-bond acceptors (Lipinski definition) is 1. The normalized spacial score (nSPS) is 11.9. The molecule has 0 amide bonds. The first-order valence-corrected chi connectivity index (χ1v) is 3.55. The van der Waals surface area contributed by atoms with Gasteiger partial charge in [0.1, 0.15) is 5.69 Å². The third-order valence-electron chi connectivity index (χ3n) is 1.57. The number of aromatic amines is 1. The average molecular weight is 153 g/mol. The Bertz CT molecular complexity index is 261. The molecule has 0 fully saturated rings. The quantitative estimate of drug-likeness (QED) is 0.176. The van der Waals surface area contributed by atoms with Gasteiger partial charge in [-0.15, -0.1) is 0 Å². The van der Waals surface area contributed by atoms with Gasteiger partial charge >= 0.3 is 5.84 Å². The van der Waals surface area contributed by atoms with Crippen molar-refractivity contribution in [1.29, 1.82) is 0 Å². The zero-order valence-electron chi connectivity index (χ0n) is 6.52. The predicted molar refractivity (Wildman–Crippen MR) is 43.6 cm³/mol. The van der Waals surface area contributed by atoms with Gasteiger partial charge in [0.2, 0.25) is 0 Å². The number of nitrogens with two attached hydrogens (primary N) is 2. The second kappa shape index (κ2) is 3.09. The van der Waals surface area contributed by atoms with Crippen molar-refractivity contribution in [2.75, 3.05) is 0 Å². The van der Waals surface area contributed by atoms with Crippen LogP contribution in [0.1, 0.15) is 18.3 Å². The lowest BCUT2D eigenvalue weighted by Crippen LogP contribution is -2.82. The van der Waals surface area contributed by atoms with Gasteiger partial charge in [0.15, 0.2) is 0 Å². The number of H-pyrrole nitrogens is 1. The highest BCUT2D eigenvalue weighted by Crippen LogP contribution is 1.99. The summed E-state index contributed by atoms with van der Waals surface area (Å²) in [5, 5.41) is 2.38.